The van der Waals surface area contributed by atoms with Crippen LogP contribution in [-0.4, -0.2) is 0 Å². The summed E-state index contributed by atoms with van der Waals surface area (Å²) < 4.78 is 71.9. The molecule has 2 rings (SSSR count). The van der Waals surface area contributed by atoms with Gasteiger partial charge in [0.05, 0.1) is 0 Å². The summed E-state index contributed by atoms with van der Waals surface area (Å²) in [4.78, 5) is 0. The zero-order valence-electron chi connectivity index (χ0n) is 12.7. The molecule has 0 aromatic carbocycles. The van der Waals surface area contributed by atoms with Crippen molar-refractivity contribution in [1.29, 1.82) is 0 Å². The summed E-state index contributed by atoms with van der Waals surface area (Å²) in [6.45, 7) is 0. The van der Waals surface area contributed by atoms with Gasteiger partial charge in [0.15, 0.2) is 24.8 Å². The molecule has 0 saturated heterocycles. The van der Waals surface area contributed by atoms with Crippen LogP contribution in [0.25, 0.3) is 0 Å². The van der Waals surface area contributed by atoms with E-state index in [1.165, 1.54) is 0 Å². The lowest BCUT2D eigenvalue weighted by atomic mass is 10.5. The molecular weight excluding hydrogens is 371 g/mol. The first-order valence-electron chi connectivity index (χ1n) is 5.83. The summed E-state index contributed by atoms with van der Waals surface area (Å²) >= 11 is 0. The summed E-state index contributed by atoms with van der Waals surface area (Å²) in [6.07, 6.45) is 8.00. The Hall–Kier alpha value is -1.44. The van der Waals surface area contributed by atoms with Gasteiger partial charge in [-0.3, -0.25) is 0 Å². The van der Waals surface area contributed by atoms with Gasteiger partial charge in [0, 0.05) is 24.3 Å². The third kappa shape index (κ3) is 37.1. The maximum atomic E-state index is 8.49. The standard InChI is InChI=1S/2C6H8N.2ClHO4/c2*1-7-5-3-2-4-6-7;2*2-1(3,4)5/h2*2-6H,1H3;2*(H,2,3,4,5)/q2*+1;;/p-2. The van der Waals surface area contributed by atoms with Crippen LogP contribution in [0.4, 0.5) is 0 Å². The lowest BCUT2D eigenvalue weighted by Gasteiger charge is -2.17. The molecule has 0 N–H and O–H groups in total. The second-order valence-electron chi connectivity index (χ2n) is 3.84. The van der Waals surface area contributed by atoms with E-state index in [1.807, 2.05) is 84.4 Å². The van der Waals surface area contributed by atoms with Crippen molar-refractivity contribution in [2.24, 2.45) is 14.1 Å². The van der Waals surface area contributed by atoms with Gasteiger partial charge in [0.1, 0.15) is 14.1 Å². The molecule has 0 aliphatic heterocycles. The van der Waals surface area contributed by atoms with Gasteiger partial charge in [-0.2, -0.15) is 0 Å². The number of aryl methyl sites for hydroxylation is 2. The van der Waals surface area contributed by atoms with Crippen LogP contribution < -0.4 is 46.4 Å². The Morgan fingerprint density at radius 1 is 0.458 bits per heavy atom. The monoisotopic (exact) mass is 386 g/mol. The van der Waals surface area contributed by atoms with Crippen LogP contribution >= 0.6 is 0 Å². The van der Waals surface area contributed by atoms with Gasteiger partial charge < -0.3 is 0 Å². The van der Waals surface area contributed by atoms with Crippen LogP contribution in [0.3, 0.4) is 0 Å². The SMILES string of the molecule is C[n+]1ccccc1.C[n+]1ccccc1.[O-][Cl+3]([O-])([O-])[O-].[O-][Cl+3]([O-])([O-])[O-]. The number of rotatable bonds is 0. The Labute approximate surface area is 142 Å². The fraction of sp³-hybridized carbons (Fsp3) is 0.167. The van der Waals surface area contributed by atoms with Crippen molar-refractivity contribution in [2.75, 3.05) is 0 Å². The summed E-state index contributed by atoms with van der Waals surface area (Å²) in [7, 11) is -5.89. The first kappa shape index (κ1) is 24.8. The van der Waals surface area contributed by atoms with Crippen LogP contribution in [-0.2, 0) is 14.1 Å². The largest absolute Gasteiger partial charge is 0.222 e. The quantitative estimate of drug-likeness (QED) is 0.398. The topological polar surface area (TPSA) is 192 Å². The summed E-state index contributed by atoms with van der Waals surface area (Å²) in [5.41, 5.74) is 0. The highest BCUT2D eigenvalue weighted by Crippen LogP contribution is 1.72. The Balaban J connectivity index is 0. The average molecular weight is 387 g/mol. The van der Waals surface area contributed by atoms with Crippen LogP contribution in [0.5, 0.6) is 0 Å². The van der Waals surface area contributed by atoms with E-state index in [4.69, 9.17) is 37.3 Å². The number of nitrogens with zero attached hydrogens (tertiary/aromatic N) is 2. The van der Waals surface area contributed by atoms with E-state index in [2.05, 4.69) is 0 Å². The molecule has 12 heteroatoms. The number of halogens is 2. The minimum absolute atomic E-state index is 2.00. The molecule has 2 aromatic rings. The summed E-state index contributed by atoms with van der Waals surface area (Å²) in [5.74, 6) is 0. The van der Waals surface area contributed by atoms with E-state index in [-0.39, 0.29) is 0 Å². The molecule has 24 heavy (non-hydrogen) atoms. The molecule has 10 nitrogen and oxygen atoms in total. The molecule has 0 radical (unpaired) electrons. The van der Waals surface area contributed by atoms with E-state index in [0.717, 1.165) is 0 Å². The Bertz CT molecular complexity index is 459. The van der Waals surface area contributed by atoms with E-state index >= 15 is 0 Å². The Morgan fingerprint density at radius 3 is 0.708 bits per heavy atom. The minimum Gasteiger partial charge on any atom is -0.222 e. The highest BCUT2D eigenvalue weighted by Gasteiger charge is 1.84. The van der Waals surface area contributed by atoms with Crippen LogP contribution in [0.2, 0.25) is 0 Å². The number of hydrogen-bond donors (Lipinski definition) is 0. The van der Waals surface area contributed by atoms with Gasteiger partial charge in [-0.1, -0.05) is 12.1 Å². The molecule has 2 aromatic heterocycles. The second kappa shape index (κ2) is 12.9. The number of pyridine rings is 2. The Kier molecular flexibility index (Phi) is 13.4. The second-order valence-corrected chi connectivity index (χ2v) is 5.35. The molecule has 0 amide bonds. The average Bonchev–Trinajstić information content (AvgIpc) is 2.37. The maximum Gasteiger partial charge on any atom is 0.168 e. The maximum absolute atomic E-state index is 8.49. The molecular formula is C12H16Cl2N2O8. The van der Waals surface area contributed by atoms with E-state index in [1.54, 1.807) is 0 Å². The molecule has 0 atom stereocenters. The normalized spacial score (nSPS) is 10.1. The van der Waals surface area contributed by atoms with Crippen LogP contribution in [0.15, 0.2) is 61.2 Å². The van der Waals surface area contributed by atoms with Crippen molar-refractivity contribution in [1.82, 2.24) is 0 Å². The van der Waals surface area contributed by atoms with Crippen molar-refractivity contribution < 1.29 is 66.9 Å². The van der Waals surface area contributed by atoms with Gasteiger partial charge in [-0.15, -0.1) is 20.5 Å². The minimum atomic E-state index is -4.94. The van der Waals surface area contributed by atoms with Gasteiger partial charge in [-0.05, 0) is 0 Å². The molecule has 0 aliphatic carbocycles. The van der Waals surface area contributed by atoms with Crippen molar-refractivity contribution in [3.05, 3.63) is 61.2 Å². The van der Waals surface area contributed by atoms with Crippen molar-refractivity contribution >= 4 is 0 Å². The van der Waals surface area contributed by atoms with Crippen molar-refractivity contribution in [3.8, 4) is 0 Å². The lowest BCUT2D eigenvalue weighted by Crippen LogP contribution is -2.68. The molecule has 0 unspecified atom stereocenters. The fourth-order valence-corrected chi connectivity index (χ4v) is 0.969. The van der Waals surface area contributed by atoms with Gasteiger partial charge in [0.2, 0.25) is 0 Å². The molecule has 0 bridgehead atoms. The molecule has 0 fully saturated rings. The van der Waals surface area contributed by atoms with Gasteiger partial charge in [0.25, 0.3) is 0 Å². The number of hydrogen-bond acceptors (Lipinski definition) is 8. The van der Waals surface area contributed by atoms with Crippen LogP contribution in [0.1, 0.15) is 0 Å². The molecule has 136 valence electrons. The van der Waals surface area contributed by atoms with Gasteiger partial charge in [-0.25, -0.2) is 46.4 Å². The fourth-order valence-electron chi connectivity index (χ4n) is 0.969. The molecule has 0 saturated carbocycles. The zero-order chi connectivity index (χ0) is 19.2. The van der Waals surface area contributed by atoms with Gasteiger partial charge >= 0.3 is 0 Å². The summed E-state index contributed by atoms with van der Waals surface area (Å²) in [5, 5.41) is 0. The van der Waals surface area contributed by atoms with Crippen molar-refractivity contribution in [3.63, 3.8) is 0 Å². The molecule has 0 aliphatic rings. The summed E-state index contributed by atoms with van der Waals surface area (Å²) in [6, 6.07) is 12.0. The zero-order valence-corrected chi connectivity index (χ0v) is 14.2. The first-order chi connectivity index (χ1) is 10.8. The highest BCUT2D eigenvalue weighted by atomic mass is 35.7. The third-order valence-electron chi connectivity index (χ3n) is 1.73. The third-order valence-corrected chi connectivity index (χ3v) is 1.73. The smallest absolute Gasteiger partial charge is 0.168 e. The van der Waals surface area contributed by atoms with E-state index in [9.17, 15) is 0 Å². The predicted molar refractivity (Wildman–Crippen MR) is 55.2 cm³/mol. The molecule has 0 spiro atoms. The Morgan fingerprint density at radius 2 is 0.625 bits per heavy atom. The highest BCUT2D eigenvalue weighted by molar-refractivity contribution is 4.83. The van der Waals surface area contributed by atoms with E-state index < -0.39 is 20.5 Å². The first-order valence-corrected chi connectivity index (χ1v) is 8.30. The predicted octanol–water partition coefficient (Wildman–Crippen LogP) is -8.49. The van der Waals surface area contributed by atoms with Crippen molar-refractivity contribution in [2.45, 2.75) is 0 Å². The van der Waals surface area contributed by atoms with Crippen LogP contribution in [0, 0.1) is 20.5 Å². The number of aromatic nitrogens is 2. The lowest BCUT2D eigenvalue weighted by molar-refractivity contribution is -2.00. The molecule has 2 heterocycles. The van der Waals surface area contributed by atoms with E-state index in [0.29, 0.717) is 0 Å².